The number of hydrogen-bond acceptors (Lipinski definition) is 18. The molecule has 0 aliphatic carbocycles. The number of fused-ring (bicyclic) bond motifs is 2. The Morgan fingerprint density at radius 1 is 1.09 bits per heavy atom. The van der Waals surface area contributed by atoms with Crippen LogP contribution in [0.1, 0.15) is 22.0 Å². The van der Waals surface area contributed by atoms with Crippen molar-refractivity contribution in [1.82, 2.24) is 55.6 Å². The van der Waals surface area contributed by atoms with Crippen LogP contribution in [0.4, 0.5) is 5.95 Å². The van der Waals surface area contributed by atoms with Gasteiger partial charge in [-0.25, -0.2) is 9.67 Å². The molecule has 290 valence electrons. The number of pyridine rings is 1. The summed E-state index contributed by atoms with van der Waals surface area (Å²) in [4.78, 5) is 105. The van der Waals surface area contributed by atoms with Crippen LogP contribution in [0, 0.1) is 0 Å². The summed E-state index contributed by atoms with van der Waals surface area (Å²) in [6.07, 6.45) is 3.19. The molecule has 3 aromatic heterocycles. The number of hydrogen-bond donors (Lipinski definition) is 4. The summed E-state index contributed by atoms with van der Waals surface area (Å²) >= 11 is 2.09. The summed E-state index contributed by atoms with van der Waals surface area (Å²) in [5.74, 6) is -5.44. The monoisotopic (exact) mass is 850 g/mol. The molecular formula is C32H28N12Na2O10S2. The summed E-state index contributed by atoms with van der Waals surface area (Å²) in [7, 11) is 0. The molecule has 58 heavy (non-hydrogen) atoms. The SMILES string of the molecule is O=CN1CCN(c2ncc3c(=O)c(C(=O)NC(C(=O)NC4C(=O)N5C(C(=O)[O-])=C(CSc6nnnn6CC(=O)[O-])CSC45)c4ccc(O)cc4)c[nH]c3n2)CC1.[Na+].[Na+]. The van der Waals surface area contributed by atoms with E-state index in [0.717, 1.165) is 45.7 Å². The average molecular weight is 851 g/mol. The zero-order valence-electron chi connectivity index (χ0n) is 30.7. The Hall–Kier alpha value is -4.56. The Labute approximate surface area is 379 Å². The van der Waals surface area contributed by atoms with Crippen molar-refractivity contribution in [1.29, 1.82) is 0 Å². The number of carbonyl (C=O) groups is 6. The van der Waals surface area contributed by atoms with Crippen LogP contribution in [0.2, 0.25) is 0 Å². The molecule has 0 bridgehead atoms. The molecule has 3 atom stereocenters. The number of phenolic OH excluding ortho intramolecular Hbond substituents is 1. The second-order valence-corrected chi connectivity index (χ2v) is 14.6. The molecule has 3 unspecified atom stereocenters. The van der Waals surface area contributed by atoms with Gasteiger partial charge in [-0.1, -0.05) is 23.9 Å². The molecule has 1 aromatic carbocycles. The number of benzene rings is 1. The fourth-order valence-electron chi connectivity index (χ4n) is 6.22. The first kappa shape index (κ1) is 44.5. The van der Waals surface area contributed by atoms with Crippen molar-refractivity contribution in [3.8, 4) is 5.75 Å². The average Bonchev–Trinajstić information content (AvgIpc) is 3.63. The molecule has 0 radical (unpaired) electrons. The van der Waals surface area contributed by atoms with Crippen molar-refractivity contribution in [3.63, 3.8) is 0 Å². The van der Waals surface area contributed by atoms with E-state index in [4.69, 9.17) is 0 Å². The van der Waals surface area contributed by atoms with Gasteiger partial charge in [0.2, 0.25) is 28.9 Å². The van der Waals surface area contributed by atoms with Gasteiger partial charge in [0.1, 0.15) is 34.4 Å². The number of piperazine rings is 1. The molecule has 0 saturated carbocycles. The van der Waals surface area contributed by atoms with Crippen molar-refractivity contribution in [3.05, 3.63) is 69.3 Å². The molecule has 2 fully saturated rings. The van der Waals surface area contributed by atoms with Crippen molar-refractivity contribution in [2.75, 3.05) is 42.6 Å². The molecule has 3 aliphatic rings. The van der Waals surface area contributed by atoms with Gasteiger partial charge in [0, 0.05) is 50.1 Å². The smallest absolute Gasteiger partial charge is 0.548 e. The Bertz CT molecular complexity index is 2360. The third-order valence-corrected chi connectivity index (χ3v) is 11.4. The minimum Gasteiger partial charge on any atom is -0.548 e. The second-order valence-electron chi connectivity index (χ2n) is 12.5. The summed E-state index contributed by atoms with van der Waals surface area (Å²) in [6, 6.07) is 2.57. The molecule has 7 rings (SSSR count). The van der Waals surface area contributed by atoms with Crippen LogP contribution in [-0.4, -0.2) is 135 Å². The van der Waals surface area contributed by atoms with Gasteiger partial charge in [0.15, 0.2) is 0 Å². The Balaban J connectivity index is 0.00000320. The number of carbonyl (C=O) groups excluding carboxylic acids is 6. The number of β-lactam (4-membered cyclic amide) rings is 1. The molecule has 4 N–H and O–H groups in total. The van der Waals surface area contributed by atoms with Crippen molar-refractivity contribution < 1.29 is 103 Å². The third-order valence-electron chi connectivity index (χ3n) is 9.07. The molecule has 4 aromatic rings. The maximum Gasteiger partial charge on any atom is 1.00 e. The van der Waals surface area contributed by atoms with Gasteiger partial charge in [-0.05, 0) is 33.7 Å². The fourth-order valence-corrected chi connectivity index (χ4v) is 8.58. The summed E-state index contributed by atoms with van der Waals surface area (Å²) < 4.78 is 0.962. The van der Waals surface area contributed by atoms with Gasteiger partial charge >= 0.3 is 59.1 Å². The molecule has 22 nitrogen and oxygen atoms in total. The van der Waals surface area contributed by atoms with Crippen molar-refractivity contribution in [2.24, 2.45) is 0 Å². The Kier molecular flexibility index (Phi) is 14.6. The van der Waals surface area contributed by atoms with E-state index in [1.807, 2.05) is 4.90 Å². The van der Waals surface area contributed by atoms with Crippen molar-refractivity contribution in [2.45, 2.75) is 29.2 Å². The number of nitrogens with zero attached hydrogens (tertiary/aromatic N) is 9. The summed E-state index contributed by atoms with van der Waals surface area (Å²) in [5, 5.41) is 48.2. The van der Waals surface area contributed by atoms with Crippen LogP contribution >= 0.6 is 23.5 Å². The minimum absolute atomic E-state index is 0. The predicted molar refractivity (Wildman–Crippen MR) is 189 cm³/mol. The molecular weight excluding hydrogens is 823 g/mol. The molecule has 4 amide bonds. The van der Waals surface area contributed by atoms with Crippen LogP contribution in [0.15, 0.2) is 57.9 Å². The number of aromatic nitrogens is 7. The van der Waals surface area contributed by atoms with Gasteiger partial charge in [-0.3, -0.25) is 28.9 Å². The van der Waals surface area contributed by atoms with Crippen LogP contribution in [0.25, 0.3) is 11.0 Å². The van der Waals surface area contributed by atoms with E-state index in [0.29, 0.717) is 32.1 Å². The van der Waals surface area contributed by atoms with E-state index < -0.39 is 64.8 Å². The maximum absolute atomic E-state index is 13.9. The van der Waals surface area contributed by atoms with Gasteiger partial charge in [0.05, 0.1) is 29.6 Å². The molecule has 6 heterocycles. The number of aromatic amines is 1. The Morgan fingerprint density at radius 3 is 2.48 bits per heavy atom. The first-order valence-electron chi connectivity index (χ1n) is 16.6. The summed E-state index contributed by atoms with van der Waals surface area (Å²) in [6.45, 7) is 1.28. The number of aliphatic carboxylic acids is 2. The topological polar surface area (TPSA) is 305 Å². The largest absolute Gasteiger partial charge is 1.00 e. The van der Waals surface area contributed by atoms with Crippen LogP contribution < -0.4 is 90.3 Å². The first-order valence-corrected chi connectivity index (χ1v) is 18.7. The number of carboxylic acids is 2. The minimum atomic E-state index is -1.65. The van der Waals surface area contributed by atoms with Crippen LogP contribution in [0.3, 0.4) is 0 Å². The zero-order chi connectivity index (χ0) is 39.7. The Morgan fingerprint density at radius 2 is 1.81 bits per heavy atom. The summed E-state index contributed by atoms with van der Waals surface area (Å²) in [5.41, 5.74) is -0.904. The van der Waals surface area contributed by atoms with Crippen molar-refractivity contribution >= 4 is 76.6 Å². The third kappa shape index (κ3) is 9.17. The number of rotatable bonds is 13. The standard InChI is InChI=1S/C32H30N12O10S2.2Na/c45-14-41-5-7-42(8-6-41)31-34-9-18-24(49)19(10-33-25(18)37-31)26(50)35-21(15-1-3-17(46)4-2-15)27(51)36-22-28(52)44-23(30(53)54)16(12-55-29(22)44)13-56-32-38-39-40-43(32)11-20(47)48;;/h1-4,9-10,14,21-22,29,46H,5-8,11-13H2,(H,35,50)(H,36,51)(H,47,48)(H,53,54)(H,33,34,37,49);;/q;2*+1/p-2. The normalized spacial score (nSPS) is 17.9. The first-order chi connectivity index (χ1) is 26.9. The molecule has 0 spiro atoms. The fraction of sp³-hybridized carbons (Fsp3) is 0.312. The number of H-pyrrole nitrogens is 1. The number of nitrogens with one attached hydrogen (secondary N) is 3. The molecule has 26 heteroatoms. The van der Waals surface area contributed by atoms with Gasteiger partial charge in [-0.15, -0.1) is 16.9 Å². The molecule has 3 aliphatic heterocycles. The van der Waals surface area contributed by atoms with Crippen LogP contribution in [0.5, 0.6) is 5.75 Å². The van der Waals surface area contributed by atoms with Gasteiger partial charge in [-0.2, -0.15) is 4.98 Å². The number of thioether (sulfide) groups is 2. The van der Waals surface area contributed by atoms with Crippen LogP contribution in [-0.2, 0) is 30.5 Å². The quantitative estimate of drug-likeness (QED) is 0.0420. The number of aromatic hydroxyl groups is 1. The van der Waals surface area contributed by atoms with E-state index in [9.17, 15) is 48.9 Å². The number of anilines is 1. The number of phenols is 1. The second kappa shape index (κ2) is 19.0. The molecule has 2 saturated heterocycles. The zero-order valence-corrected chi connectivity index (χ0v) is 36.3. The number of carboxylic acid groups (broad SMARTS) is 2. The number of tetrazole rings is 1. The van der Waals surface area contributed by atoms with E-state index in [1.54, 1.807) is 4.90 Å². The van der Waals surface area contributed by atoms with E-state index >= 15 is 0 Å². The van der Waals surface area contributed by atoms with Gasteiger partial charge < -0.3 is 50.3 Å². The van der Waals surface area contributed by atoms with E-state index in [-0.39, 0.29) is 109 Å². The number of amides is 4. The van der Waals surface area contributed by atoms with Gasteiger partial charge in [0.25, 0.3) is 11.8 Å². The van der Waals surface area contributed by atoms with E-state index in [1.165, 1.54) is 30.5 Å². The predicted octanol–water partition coefficient (Wildman–Crippen LogP) is -10.3. The maximum atomic E-state index is 13.9. The van der Waals surface area contributed by atoms with E-state index in [2.05, 4.69) is 41.1 Å².